The number of amides is 2. The summed E-state index contributed by atoms with van der Waals surface area (Å²) in [5, 5.41) is 47.5. The smallest absolute Gasteiger partial charge is 0.255 e. The first-order valence-corrected chi connectivity index (χ1v) is 13.1. The summed E-state index contributed by atoms with van der Waals surface area (Å²) in [7, 11) is 3.16. The van der Waals surface area contributed by atoms with Gasteiger partial charge in [0.2, 0.25) is 11.7 Å². The molecular formula is C30H31N3O8. The van der Waals surface area contributed by atoms with Crippen LogP contribution >= 0.6 is 0 Å². The summed E-state index contributed by atoms with van der Waals surface area (Å²) in [6.45, 7) is 1.78. The van der Waals surface area contributed by atoms with E-state index in [0.717, 1.165) is 11.1 Å². The number of nitrogens with one attached hydrogen (secondary N) is 1. The minimum atomic E-state index is -2.68. The maximum absolute atomic E-state index is 13.9. The molecule has 0 saturated heterocycles. The number of carbonyl (C=O) groups is 4. The Kier molecular flexibility index (Phi) is 6.75. The average molecular weight is 562 g/mol. The fraction of sp³-hybridized carbons (Fsp3) is 0.333. The lowest BCUT2D eigenvalue weighted by atomic mass is 9.58. The molecule has 0 spiro atoms. The van der Waals surface area contributed by atoms with Gasteiger partial charge in [0, 0.05) is 25.0 Å². The fourth-order valence-electron chi connectivity index (χ4n) is 6.55. The zero-order valence-electron chi connectivity index (χ0n) is 22.8. The number of rotatable bonds is 5. The van der Waals surface area contributed by atoms with Crippen molar-refractivity contribution in [2.45, 2.75) is 38.0 Å². The highest BCUT2D eigenvalue weighted by atomic mass is 16.3. The number of hydrogen-bond donors (Lipinski definition) is 6. The Hall–Kier alpha value is -4.48. The van der Waals surface area contributed by atoms with E-state index in [1.807, 2.05) is 24.3 Å². The molecule has 11 nitrogen and oxygen atoms in total. The Morgan fingerprint density at radius 1 is 1.07 bits per heavy atom. The number of likely N-dealkylation sites (N-methyl/N-ethyl adjacent to an activating group) is 1. The predicted octanol–water partition coefficient (Wildman–Crippen LogP) is 1.42. The second-order valence-electron chi connectivity index (χ2n) is 11.1. The Balaban J connectivity index is 1.63. The van der Waals surface area contributed by atoms with Gasteiger partial charge in [0.25, 0.3) is 5.91 Å². The standard InChI is InChI=1S/C30H31N3O8/c1-13(34)32-12-14-4-6-15(7-5-14)17-8-9-20(35)22-18(17)10-16-11-19-24(33(2)3)26(37)23(29(31)40)28(39)30(19,41)27(38)21(16)25(22)36/h4-9,16,19,24,35,37-38,41H,10-12H2,1-3H3,(H2,31,40)(H,32,34)/t16-,19-,24+,30-/m1/s1. The molecule has 7 N–H and O–H groups in total. The normalized spacial score (nSPS) is 25.5. The SMILES string of the molecule is CC(=O)NCc1ccc(-c2ccc(O)c3c2C[C@@H]2C[C@@H]4[C@H](N(C)C)C(O)=C(C(N)=O)C(=O)[C@]4(O)C(O)=C2C3=O)cc1. The molecule has 3 aliphatic carbocycles. The van der Waals surface area contributed by atoms with Crippen molar-refractivity contribution in [1.29, 1.82) is 0 Å². The number of fused-ring (bicyclic) bond motifs is 3. The second-order valence-corrected chi connectivity index (χ2v) is 11.1. The second kappa shape index (κ2) is 9.86. The number of phenolic OH excluding ortho intramolecular Hbond substituents is 1. The van der Waals surface area contributed by atoms with Crippen molar-refractivity contribution in [1.82, 2.24) is 10.2 Å². The summed E-state index contributed by atoms with van der Waals surface area (Å²) in [6, 6.07) is 9.37. The molecule has 0 radical (unpaired) electrons. The number of primary amides is 1. The van der Waals surface area contributed by atoms with Crippen LogP contribution in [0, 0.1) is 11.8 Å². The van der Waals surface area contributed by atoms with E-state index < -0.39 is 58.0 Å². The van der Waals surface area contributed by atoms with Gasteiger partial charge in [-0.1, -0.05) is 30.3 Å². The number of phenols is 1. The lowest BCUT2D eigenvalue weighted by Gasteiger charge is -2.50. The van der Waals surface area contributed by atoms with Crippen LogP contribution in [-0.4, -0.2) is 74.4 Å². The van der Waals surface area contributed by atoms with Crippen LogP contribution in [0.15, 0.2) is 59.1 Å². The summed E-state index contributed by atoms with van der Waals surface area (Å²) in [4.78, 5) is 52.2. The minimum absolute atomic E-state index is 0.0104. The van der Waals surface area contributed by atoms with Crippen LogP contribution in [-0.2, 0) is 27.3 Å². The molecule has 2 amide bonds. The van der Waals surface area contributed by atoms with Crippen molar-refractivity contribution in [3.8, 4) is 16.9 Å². The van der Waals surface area contributed by atoms with Gasteiger partial charge in [-0.25, -0.2) is 0 Å². The van der Waals surface area contributed by atoms with Crippen LogP contribution in [0.3, 0.4) is 0 Å². The van der Waals surface area contributed by atoms with Gasteiger partial charge >= 0.3 is 0 Å². The van der Waals surface area contributed by atoms with Gasteiger partial charge in [-0.3, -0.25) is 24.1 Å². The lowest BCUT2D eigenvalue weighted by molar-refractivity contribution is -0.148. The maximum Gasteiger partial charge on any atom is 0.255 e. The van der Waals surface area contributed by atoms with Crippen molar-refractivity contribution in [3.05, 3.63) is 75.8 Å². The van der Waals surface area contributed by atoms with E-state index in [1.165, 1.54) is 17.9 Å². The average Bonchev–Trinajstić information content (AvgIpc) is 2.89. The van der Waals surface area contributed by atoms with E-state index in [4.69, 9.17) is 5.73 Å². The summed E-state index contributed by atoms with van der Waals surface area (Å²) >= 11 is 0. The van der Waals surface area contributed by atoms with Gasteiger partial charge in [-0.2, -0.15) is 0 Å². The third-order valence-corrected chi connectivity index (χ3v) is 8.41. The van der Waals surface area contributed by atoms with Crippen LogP contribution in [0.25, 0.3) is 11.1 Å². The van der Waals surface area contributed by atoms with Crippen molar-refractivity contribution in [3.63, 3.8) is 0 Å². The molecule has 4 atom stereocenters. The molecule has 0 heterocycles. The third kappa shape index (κ3) is 4.20. The molecule has 0 fully saturated rings. The van der Waals surface area contributed by atoms with Crippen molar-refractivity contribution in [2.75, 3.05) is 14.1 Å². The largest absolute Gasteiger partial charge is 0.510 e. The van der Waals surface area contributed by atoms with Crippen LogP contribution in [0.5, 0.6) is 5.75 Å². The highest BCUT2D eigenvalue weighted by molar-refractivity contribution is 6.24. The molecule has 11 heteroatoms. The first kappa shape index (κ1) is 28.1. The molecular weight excluding hydrogens is 530 g/mol. The molecule has 5 rings (SSSR count). The number of hydrogen-bond acceptors (Lipinski definition) is 9. The molecule has 0 bridgehead atoms. The molecule has 3 aliphatic rings. The summed E-state index contributed by atoms with van der Waals surface area (Å²) < 4.78 is 0. The minimum Gasteiger partial charge on any atom is -0.510 e. The van der Waals surface area contributed by atoms with E-state index in [0.29, 0.717) is 17.7 Å². The van der Waals surface area contributed by atoms with Crippen molar-refractivity contribution in [2.24, 2.45) is 17.6 Å². The van der Waals surface area contributed by atoms with Crippen LogP contribution < -0.4 is 11.1 Å². The number of carbonyl (C=O) groups excluding carboxylic acids is 4. The number of nitrogens with zero attached hydrogens (tertiary/aromatic N) is 1. The topological polar surface area (TPSA) is 190 Å². The number of aliphatic hydroxyl groups is 3. The Labute approximate surface area is 235 Å². The van der Waals surface area contributed by atoms with Gasteiger partial charge in [-0.15, -0.1) is 0 Å². The highest BCUT2D eigenvalue weighted by Crippen LogP contribution is 2.53. The molecule has 0 unspecified atom stereocenters. The first-order chi connectivity index (χ1) is 19.3. The zero-order chi connectivity index (χ0) is 30.0. The van der Waals surface area contributed by atoms with Gasteiger partial charge in [0.15, 0.2) is 11.4 Å². The fourth-order valence-corrected chi connectivity index (χ4v) is 6.55. The number of allylic oxidation sites excluding steroid dienone is 1. The van der Waals surface area contributed by atoms with E-state index in [9.17, 15) is 39.6 Å². The zero-order valence-corrected chi connectivity index (χ0v) is 22.8. The monoisotopic (exact) mass is 561 g/mol. The summed E-state index contributed by atoms with van der Waals surface area (Å²) in [5.41, 5.74) is 4.44. The van der Waals surface area contributed by atoms with Gasteiger partial charge in [-0.05, 0) is 61.2 Å². The number of benzene rings is 2. The van der Waals surface area contributed by atoms with Crippen LogP contribution in [0.1, 0.15) is 34.8 Å². The van der Waals surface area contributed by atoms with Crippen molar-refractivity contribution >= 4 is 23.4 Å². The molecule has 0 saturated carbocycles. The molecule has 0 aromatic heterocycles. The number of nitrogens with two attached hydrogens (primary N) is 1. The lowest BCUT2D eigenvalue weighted by Crippen LogP contribution is -2.63. The molecule has 0 aliphatic heterocycles. The predicted molar refractivity (Wildman–Crippen MR) is 147 cm³/mol. The molecule has 2 aromatic carbocycles. The number of aromatic hydroxyl groups is 1. The third-order valence-electron chi connectivity index (χ3n) is 8.41. The first-order valence-electron chi connectivity index (χ1n) is 13.1. The molecule has 2 aromatic rings. The number of Topliss-reactive ketones (excluding diaryl/α,β-unsaturated/α-hetero) is 2. The van der Waals surface area contributed by atoms with Gasteiger partial charge < -0.3 is 31.5 Å². The summed E-state index contributed by atoms with van der Waals surface area (Å²) in [5.74, 6) is -7.03. The van der Waals surface area contributed by atoms with E-state index >= 15 is 0 Å². The van der Waals surface area contributed by atoms with Crippen LogP contribution in [0.2, 0.25) is 0 Å². The Bertz CT molecular complexity index is 1570. The van der Waals surface area contributed by atoms with E-state index in [1.54, 1.807) is 20.2 Å². The summed E-state index contributed by atoms with van der Waals surface area (Å²) in [6.07, 6.45) is 0.197. The van der Waals surface area contributed by atoms with Gasteiger partial charge in [0.05, 0.1) is 11.6 Å². The quantitative estimate of drug-likeness (QED) is 0.293. The Morgan fingerprint density at radius 3 is 2.32 bits per heavy atom. The maximum atomic E-state index is 13.9. The van der Waals surface area contributed by atoms with Crippen molar-refractivity contribution < 1.29 is 39.6 Å². The van der Waals surface area contributed by atoms with E-state index in [-0.39, 0.29) is 35.6 Å². The highest BCUT2D eigenvalue weighted by Gasteiger charge is 2.63. The molecule has 214 valence electrons. The number of ketones is 2. The van der Waals surface area contributed by atoms with E-state index in [2.05, 4.69) is 5.32 Å². The molecule has 41 heavy (non-hydrogen) atoms. The number of aliphatic hydroxyl groups excluding tert-OH is 2. The Morgan fingerprint density at radius 2 is 1.73 bits per heavy atom. The van der Waals surface area contributed by atoms with Gasteiger partial charge in [0.1, 0.15) is 22.8 Å². The van der Waals surface area contributed by atoms with Crippen LogP contribution in [0.4, 0.5) is 0 Å².